The van der Waals surface area contributed by atoms with Crippen LogP contribution < -0.4 is 0 Å². The Kier molecular flexibility index (Phi) is 48.2. The maximum Gasteiger partial charge on any atom is 0.306 e. The molecule has 0 aliphatic carbocycles. The van der Waals surface area contributed by atoms with Gasteiger partial charge in [-0.25, -0.2) is 0 Å². The van der Waals surface area contributed by atoms with Gasteiger partial charge in [-0.1, -0.05) is 223 Å². The van der Waals surface area contributed by atoms with Gasteiger partial charge in [0.25, 0.3) is 0 Å². The maximum atomic E-state index is 12.8. The van der Waals surface area contributed by atoms with Crippen LogP contribution in [-0.4, -0.2) is 37.2 Å². The fourth-order valence-electron chi connectivity index (χ4n) is 5.93. The molecule has 1 unspecified atom stereocenters. The highest BCUT2D eigenvalue weighted by atomic mass is 16.6. The van der Waals surface area contributed by atoms with E-state index >= 15 is 0 Å². The lowest BCUT2D eigenvalue weighted by molar-refractivity contribution is -0.167. The smallest absolute Gasteiger partial charge is 0.306 e. The van der Waals surface area contributed by atoms with E-state index in [9.17, 15) is 14.4 Å². The molecule has 0 spiro atoms. The Labute approximate surface area is 402 Å². The third-order valence-corrected chi connectivity index (χ3v) is 9.64. The largest absolute Gasteiger partial charge is 0.462 e. The molecule has 6 nitrogen and oxygen atoms in total. The standard InChI is InChI=1S/C60H88O6/c1-4-7-10-13-16-19-22-25-27-29-31-32-35-38-41-44-47-50-53-59(62)65-56-57(55-64-58(61)52-49-46-43-40-37-34-24-21-18-15-12-9-6-3)66-60(63)54-51-48-45-42-39-36-33-30-28-26-23-20-17-14-11-8-5-2/h8-13,15-22,24-29,31-34,36-37,42,45,57H,4-7,14,23,30,35,38-41,43-44,46-56H2,1-3H3/b11-8-,12-9-,13-10-,18-15-,19-16-,20-17-,24-21-,25-22-,28-26-,29-27-,32-31-,36-33-,37-34-,45-42-. The van der Waals surface area contributed by atoms with Crippen LogP contribution in [0.25, 0.3) is 0 Å². The lowest BCUT2D eigenvalue weighted by Crippen LogP contribution is -2.30. The minimum absolute atomic E-state index is 0.137. The maximum absolute atomic E-state index is 12.8. The number of hydrogen-bond donors (Lipinski definition) is 0. The molecule has 0 aromatic rings. The van der Waals surface area contributed by atoms with Crippen molar-refractivity contribution in [2.45, 2.75) is 175 Å². The molecule has 0 aromatic heterocycles. The average molecular weight is 905 g/mol. The summed E-state index contributed by atoms with van der Waals surface area (Å²) in [5, 5.41) is 0. The summed E-state index contributed by atoms with van der Waals surface area (Å²) in [6, 6.07) is 0. The zero-order chi connectivity index (χ0) is 47.9. The predicted octanol–water partition coefficient (Wildman–Crippen LogP) is 16.8. The van der Waals surface area contributed by atoms with Crippen LogP contribution in [0.2, 0.25) is 0 Å². The monoisotopic (exact) mass is 905 g/mol. The number of allylic oxidation sites excluding steroid dienone is 28. The molecule has 0 saturated heterocycles. The first-order valence-electron chi connectivity index (χ1n) is 25.3. The van der Waals surface area contributed by atoms with E-state index in [0.717, 1.165) is 109 Å². The van der Waals surface area contributed by atoms with Crippen molar-refractivity contribution in [1.82, 2.24) is 0 Å². The number of esters is 3. The van der Waals surface area contributed by atoms with Crippen LogP contribution in [0.4, 0.5) is 0 Å². The van der Waals surface area contributed by atoms with E-state index in [4.69, 9.17) is 14.2 Å². The summed E-state index contributed by atoms with van der Waals surface area (Å²) in [6.45, 7) is 6.15. The molecule has 0 rings (SSSR count). The molecular formula is C60H88O6. The van der Waals surface area contributed by atoms with Crippen molar-refractivity contribution in [3.63, 3.8) is 0 Å². The van der Waals surface area contributed by atoms with Gasteiger partial charge < -0.3 is 14.2 Å². The van der Waals surface area contributed by atoms with E-state index in [1.807, 2.05) is 72.9 Å². The number of hydrogen-bond acceptors (Lipinski definition) is 6. The van der Waals surface area contributed by atoms with E-state index in [0.29, 0.717) is 19.3 Å². The lowest BCUT2D eigenvalue weighted by atomic mass is 10.1. The number of rotatable bonds is 42. The molecule has 0 fully saturated rings. The molecule has 0 bridgehead atoms. The number of carbonyl (C=O) groups excluding carboxylic acids is 3. The molecular weight excluding hydrogens is 817 g/mol. The van der Waals surface area contributed by atoms with E-state index in [1.54, 1.807) is 0 Å². The Morgan fingerprint density at radius 3 is 1.15 bits per heavy atom. The lowest BCUT2D eigenvalue weighted by Gasteiger charge is -2.18. The molecule has 364 valence electrons. The first-order valence-corrected chi connectivity index (χ1v) is 25.3. The minimum Gasteiger partial charge on any atom is -0.462 e. The molecule has 0 heterocycles. The van der Waals surface area contributed by atoms with Crippen molar-refractivity contribution in [2.24, 2.45) is 0 Å². The summed E-state index contributed by atoms with van der Waals surface area (Å²) >= 11 is 0. The van der Waals surface area contributed by atoms with Crippen LogP contribution in [0, 0.1) is 0 Å². The molecule has 6 heteroatoms. The molecule has 66 heavy (non-hydrogen) atoms. The predicted molar refractivity (Wildman–Crippen MR) is 283 cm³/mol. The molecule has 0 N–H and O–H groups in total. The van der Waals surface area contributed by atoms with Crippen molar-refractivity contribution in [3.05, 3.63) is 170 Å². The van der Waals surface area contributed by atoms with Crippen LogP contribution >= 0.6 is 0 Å². The van der Waals surface area contributed by atoms with Crippen LogP contribution in [0.1, 0.15) is 168 Å². The second-order valence-corrected chi connectivity index (χ2v) is 15.8. The second-order valence-electron chi connectivity index (χ2n) is 15.8. The fraction of sp³-hybridized carbons (Fsp3) is 0.483. The highest BCUT2D eigenvalue weighted by Crippen LogP contribution is 2.11. The van der Waals surface area contributed by atoms with Gasteiger partial charge in [-0.05, 0) is 96.3 Å². The van der Waals surface area contributed by atoms with E-state index in [-0.39, 0.29) is 38.0 Å². The molecule has 0 aromatic carbocycles. The SMILES string of the molecule is CC\C=C/C=C\C=C/C=C\CCCCCC(=O)OCC(COC(=O)CCCCCCC\C=C/C=C\C=C/C=C\C=C/CCC)OC(=O)CCC/C=C\C/C=C\C/C=C\C/C=C\C/C=C\CC. The summed E-state index contributed by atoms with van der Waals surface area (Å²) in [7, 11) is 0. The van der Waals surface area contributed by atoms with Gasteiger partial charge in [0.1, 0.15) is 13.2 Å². The molecule has 1 atom stereocenters. The minimum atomic E-state index is -0.844. The molecule has 0 aliphatic rings. The van der Waals surface area contributed by atoms with Crippen LogP contribution in [0.5, 0.6) is 0 Å². The van der Waals surface area contributed by atoms with Crippen LogP contribution in [0.15, 0.2) is 170 Å². The van der Waals surface area contributed by atoms with Gasteiger partial charge in [-0.3, -0.25) is 14.4 Å². The van der Waals surface area contributed by atoms with E-state index < -0.39 is 12.1 Å². The summed E-state index contributed by atoms with van der Waals surface area (Å²) in [4.78, 5) is 38.0. The summed E-state index contributed by atoms with van der Waals surface area (Å²) < 4.78 is 16.7. The van der Waals surface area contributed by atoms with Crippen molar-refractivity contribution in [3.8, 4) is 0 Å². The topological polar surface area (TPSA) is 78.9 Å². The zero-order valence-corrected chi connectivity index (χ0v) is 41.4. The highest BCUT2D eigenvalue weighted by molar-refractivity contribution is 5.71. The number of ether oxygens (including phenoxy) is 3. The fourth-order valence-corrected chi connectivity index (χ4v) is 5.93. The molecule has 0 aliphatic heterocycles. The zero-order valence-electron chi connectivity index (χ0n) is 41.4. The Hall–Kier alpha value is -5.23. The van der Waals surface area contributed by atoms with Crippen molar-refractivity contribution in [1.29, 1.82) is 0 Å². The summed E-state index contributed by atoms with van der Waals surface area (Å²) in [6.07, 6.45) is 77.6. The summed E-state index contributed by atoms with van der Waals surface area (Å²) in [5.74, 6) is -1.08. The molecule has 0 amide bonds. The van der Waals surface area contributed by atoms with Crippen LogP contribution in [0.3, 0.4) is 0 Å². The van der Waals surface area contributed by atoms with Gasteiger partial charge in [-0.15, -0.1) is 0 Å². The van der Waals surface area contributed by atoms with Crippen molar-refractivity contribution >= 4 is 17.9 Å². The molecule has 0 saturated carbocycles. The Balaban J connectivity index is 4.64. The van der Waals surface area contributed by atoms with Crippen molar-refractivity contribution in [2.75, 3.05) is 13.2 Å². The van der Waals surface area contributed by atoms with Gasteiger partial charge in [0, 0.05) is 19.3 Å². The van der Waals surface area contributed by atoms with Gasteiger partial charge in [0.2, 0.25) is 0 Å². The van der Waals surface area contributed by atoms with E-state index in [2.05, 4.69) is 118 Å². The first kappa shape index (κ1) is 60.8. The third kappa shape index (κ3) is 49.8. The van der Waals surface area contributed by atoms with Gasteiger partial charge >= 0.3 is 17.9 Å². The highest BCUT2D eigenvalue weighted by Gasteiger charge is 2.19. The second kappa shape index (κ2) is 52.4. The Morgan fingerprint density at radius 2 is 0.682 bits per heavy atom. The third-order valence-electron chi connectivity index (χ3n) is 9.64. The van der Waals surface area contributed by atoms with Crippen molar-refractivity contribution < 1.29 is 28.6 Å². The number of carbonyl (C=O) groups is 3. The first-order chi connectivity index (χ1) is 32.5. The van der Waals surface area contributed by atoms with Gasteiger partial charge in [0.15, 0.2) is 6.10 Å². The Bertz CT molecular complexity index is 1600. The summed E-state index contributed by atoms with van der Waals surface area (Å²) in [5.41, 5.74) is 0. The molecule has 0 radical (unpaired) electrons. The average Bonchev–Trinajstić information content (AvgIpc) is 3.31. The van der Waals surface area contributed by atoms with Gasteiger partial charge in [-0.2, -0.15) is 0 Å². The number of unbranched alkanes of at least 4 members (excludes halogenated alkanes) is 10. The normalized spacial score (nSPS) is 13.6. The van der Waals surface area contributed by atoms with Gasteiger partial charge in [0.05, 0.1) is 0 Å². The Morgan fingerprint density at radius 1 is 0.333 bits per heavy atom. The van der Waals surface area contributed by atoms with Crippen LogP contribution in [-0.2, 0) is 28.6 Å². The quantitative estimate of drug-likeness (QED) is 0.0200. The van der Waals surface area contributed by atoms with E-state index in [1.165, 1.54) is 6.42 Å².